The Hall–Kier alpha value is -6.44. The largest absolute Gasteiger partial charge is 0.308 e. The van der Waals surface area contributed by atoms with E-state index in [4.69, 9.17) is 0 Å². The van der Waals surface area contributed by atoms with Crippen molar-refractivity contribution in [3.63, 3.8) is 0 Å². The van der Waals surface area contributed by atoms with Crippen molar-refractivity contribution in [1.29, 1.82) is 0 Å². The molecule has 10 rings (SSSR count). The highest BCUT2D eigenvalue weighted by Gasteiger charge is 2.24. The Morgan fingerprint density at radius 3 is 1.28 bits per heavy atom. The van der Waals surface area contributed by atoms with Gasteiger partial charge >= 0.3 is 0 Å². The number of para-hydroxylation sites is 2. The number of benzene rings is 9. The van der Waals surface area contributed by atoms with Gasteiger partial charge in [-0.25, -0.2) is 0 Å². The van der Waals surface area contributed by atoms with E-state index in [2.05, 4.69) is 222 Å². The fourth-order valence-electron chi connectivity index (χ4n) is 9.18. The van der Waals surface area contributed by atoms with Crippen LogP contribution in [0.3, 0.4) is 0 Å². The van der Waals surface area contributed by atoms with Crippen LogP contribution in [0.2, 0.25) is 0 Å². The van der Waals surface area contributed by atoms with Crippen molar-refractivity contribution >= 4 is 75.7 Å². The van der Waals surface area contributed by atoms with Crippen LogP contribution in [0.25, 0.3) is 92.5 Å². The standard InChI is InChI=1S/C56H47N/c1-55(2,3)37-31-33-48-49(34-37)53(46-27-17-19-36-18-7-8-20-39(36)46)47-32-30-38(56(4,5)6)35-50(47)54(48)57-51-28-15-13-25-44(51)42-23-11-9-21-40(42)41-22-10-12-24-43(41)45-26-14-16-29-52(45)57/h7-35H,1-6H3. The maximum atomic E-state index is 2.60. The van der Waals surface area contributed by atoms with Gasteiger partial charge in [0.15, 0.2) is 0 Å². The summed E-state index contributed by atoms with van der Waals surface area (Å²) in [5.41, 5.74) is 8.60. The minimum atomic E-state index is -0.0580. The molecule has 0 atom stereocenters. The molecule has 0 radical (unpaired) electrons. The maximum Gasteiger partial charge on any atom is 0.0619 e. The van der Waals surface area contributed by atoms with Crippen molar-refractivity contribution in [2.24, 2.45) is 0 Å². The molecule has 0 N–H and O–H groups in total. The lowest BCUT2D eigenvalue weighted by Gasteiger charge is -2.26. The van der Waals surface area contributed by atoms with E-state index in [9.17, 15) is 0 Å². The first kappa shape index (κ1) is 35.0. The minimum Gasteiger partial charge on any atom is -0.308 e. The lowest BCUT2D eigenvalue weighted by molar-refractivity contribution is 0.590. The quantitative estimate of drug-likeness (QED) is 0.156. The summed E-state index contributed by atoms with van der Waals surface area (Å²) < 4.78 is 2.60. The summed E-state index contributed by atoms with van der Waals surface area (Å²) in [5, 5.41) is 14.8. The van der Waals surface area contributed by atoms with Crippen LogP contribution in [0.4, 0.5) is 0 Å². The first-order chi connectivity index (χ1) is 27.6. The number of nitrogens with zero attached hydrogens (tertiary/aromatic N) is 1. The molecule has 0 aliphatic rings. The van der Waals surface area contributed by atoms with Gasteiger partial charge in [0.25, 0.3) is 0 Å². The maximum absolute atomic E-state index is 2.60. The Kier molecular flexibility index (Phi) is 8.03. The summed E-state index contributed by atoms with van der Waals surface area (Å²) in [6.45, 7) is 14.0. The molecule has 1 heteroatoms. The van der Waals surface area contributed by atoms with Crippen molar-refractivity contribution in [3.8, 4) is 16.8 Å². The van der Waals surface area contributed by atoms with Crippen molar-refractivity contribution < 1.29 is 0 Å². The van der Waals surface area contributed by atoms with Crippen LogP contribution in [0.1, 0.15) is 52.7 Å². The van der Waals surface area contributed by atoms with Crippen LogP contribution in [0.5, 0.6) is 0 Å². The molecular weight excluding hydrogens is 687 g/mol. The second-order valence-corrected chi connectivity index (χ2v) is 17.7. The third-order valence-electron chi connectivity index (χ3n) is 12.1. The second-order valence-electron chi connectivity index (χ2n) is 17.7. The minimum absolute atomic E-state index is 0.0412. The molecule has 276 valence electrons. The van der Waals surface area contributed by atoms with Crippen molar-refractivity contribution in [2.45, 2.75) is 52.4 Å². The fourth-order valence-corrected chi connectivity index (χ4v) is 9.18. The van der Waals surface area contributed by atoms with Gasteiger partial charge < -0.3 is 4.57 Å². The highest BCUT2D eigenvalue weighted by molar-refractivity contribution is 6.24. The summed E-state index contributed by atoms with van der Waals surface area (Å²) in [5.74, 6) is 0. The number of hydrogen-bond donors (Lipinski definition) is 0. The van der Waals surface area contributed by atoms with Gasteiger partial charge in [-0.05, 0) is 100 Å². The summed E-state index contributed by atoms with van der Waals surface area (Å²) in [6, 6.07) is 66.2. The lowest BCUT2D eigenvalue weighted by Crippen LogP contribution is -2.12. The molecule has 1 heterocycles. The van der Waals surface area contributed by atoms with Crippen molar-refractivity contribution in [1.82, 2.24) is 4.57 Å². The van der Waals surface area contributed by atoms with E-state index >= 15 is 0 Å². The predicted molar refractivity (Wildman–Crippen MR) is 249 cm³/mol. The van der Waals surface area contributed by atoms with E-state index in [0.717, 1.165) is 11.0 Å². The molecule has 0 aliphatic heterocycles. The zero-order valence-electron chi connectivity index (χ0n) is 33.7. The van der Waals surface area contributed by atoms with Crippen molar-refractivity contribution in [2.75, 3.05) is 0 Å². The molecule has 1 aromatic heterocycles. The Morgan fingerprint density at radius 1 is 0.316 bits per heavy atom. The normalized spacial score (nSPS) is 12.4. The van der Waals surface area contributed by atoms with Crippen LogP contribution < -0.4 is 0 Å². The Bertz CT molecular complexity index is 3200. The van der Waals surface area contributed by atoms with Gasteiger partial charge in [0.2, 0.25) is 0 Å². The van der Waals surface area contributed by atoms with Crippen molar-refractivity contribution in [3.05, 3.63) is 187 Å². The average Bonchev–Trinajstić information content (AvgIpc) is 3.26. The number of fused-ring (bicyclic) bond motifs is 10. The molecule has 9 aromatic carbocycles. The van der Waals surface area contributed by atoms with E-state index in [-0.39, 0.29) is 10.8 Å². The molecule has 0 saturated heterocycles. The first-order valence-electron chi connectivity index (χ1n) is 20.3. The van der Waals surface area contributed by atoms with Gasteiger partial charge in [-0.1, -0.05) is 193 Å². The Labute approximate surface area is 335 Å². The number of rotatable bonds is 2. The molecular formula is C56H47N. The van der Waals surface area contributed by atoms with E-state index in [0.29, 0.717) is 0 Å². The fraction of sp³-hybridized carbons (Fsp3) is 0.143. The molecule has 57 heavy (non-hydrogen) atoms. The van der Waals surface area contributed by atoms with E-state index in [1.165, 1.54) is 92.6 Å². The molecule has 1 nitrogen and oxygen atoms in total. The van der Waals surface area contributed by atoms with E-state index in [1.807, 2.05) is 0 Å². The van der Waals surface area contributed by atoms with Crippen LogP contribution in [0.15, 0.2) is 176 Å². The lowest BCUT2D eigenvalue weighted by atomic mass is 9.80. The molecule has 0 fully saturated rings. The summed E-state index contributed by atoms with van der Waals surface area (Å²) in [6.07, 6.45) is 0. The Balaban J connectivity index is 1.55. The summed E-state index contributed by atoms with van der Waals surface area (Å²) in [4.78, 5) is 0. The molecule has 0 amide bonds. The second kappa shape index (κ2) is 13.1. The molecule has 0 saturated carbocycles. The monoisotopic (exact) mass is 733 g/mol. The topological polar surface area (TPSA) is 4.93 Å². The van der Waals surface area contributed by atoms with Gasteiger partial charge in [-0.2, -0.15) is 0 Å². The summed E-state index contributed by atoms with van der Waals surface area (Å²) in [7, 11) is 0. The van der Waals surface area contributed by atoms with E-state index in [1.54, 1.807) is 0 Å². The first-order valence-corrected chi connectivity index (χ1v) is 20.3. The van der Waals surface area contributed by atoms with Gasteiger partial charge in [0, 0.05) is 21.5 Å². The molecule has 0 unspecified atom stereocenters. The Morgan fingerprint density at radius 2 is 0.737 bits per heavy atom. The number of aromatic nitrogens is 1. The highest BCUT2D eigenvalue weighted by Crippen LogP contribution is 2.47. The zero-order valence-corrected chi connectivity index (χ0v) is 33.7. The third kappa shape index (κ3) is 5.67. The van der Waals surface area contributed by atoms with Crippen LogP contribution >= 0.6 is 0 Å². The third-order valence-corrected chi connectivity index (χ3v) is 12.1. The van der Waals surface area contributed by atoms with E-state index < -0.39 is 0 Å². The zero-order chi connectivity index (χ0) is 39.1. The van der Waals surface area contributed by atoms with Crippen LogP contribution in [-0.2, 0) is 10.8 Å². The summed E-state index contributed by atoms with van der Waals surface area (Å²) >= 11 is 0. The predicted octanol–water partition coefficient (Wildman–Crippen LogP) is 15.9. The van der Waals surface area contributed by atoms with Gasteiger partial charge in [0.1, 0.15) is 0 Å². The smallest absolute Gasteiger partial charge is 0.0619 e. The molecule has 0 spiro atoms. The molecule has 10 aromatic rings. The SMILES string of the molecule is CC(C)(C)c1ccc2c(-n3c4ccccc4c4ccccc4c4ccccc4c4ccccc43)c3cc(C(C)(C)C)ccc3c(-c3cccc4ccccc34)c2c1. The number of hydrogen-bond acceptors (Lipinski definition) is 0. The van der Waals surface area contributed by atoms with Gasteiger partial charge in [-0.3, -0.25) is 0 Å². The van der Waals surface area contributed by atoms with Crippen LogP contribution in [-0.4, -0.2) is 4.57 Å². The van der Waals surface area contributed by atoms with Crippen LogP contribution in [0, 0.1) is 0 Å². The van der Waals surface area contributed by atoms with Gasteiger partial charge in [0.05, 0.1) is 16.7 Å². The molecule has 0 bridgehead atoms. The molecule has 0 aliphatic carbocycles. The van der Waals surface area contributed by atoms with Gasteiger partial charge in [-0.15, -0.1) is 0 Å². The highest BCUT2D eigenvalue weighted by atomic mass is 15.0. The average molecular weight is 734 g/mol.